The summed E-state index contributed by atoms with van der Waals surface area (Å²) in [5.74, 6) is -1.71. The molecule has 9 heteroatoms. The number of carbonyl (C=O) groups is 1. The highest BCUT2D eigenvalue weighted by atomic mass is 19.1. The van der Waals surface area contributed by atoms with Gasteiger partial charge in [-0.25, -0.2) is 18.4 Å². The van der Waals surface area contributed by atoms with Gasteiger partial charge in [-0.15, -0.1) is 0 Å². The van der Waals surface area contributed by atoms with E-state index in [0.717, 1.165) is 23.4 Å². The first-order chi connectivity index (χ1) is 16.3. The van der Waals surface area contributed by atoms with Gasteiger partial charge in [-0.3, -0.25) is 9.69 Å². The van der Waals surface area contributed by atoms with Gasteiger partial charge in [0.25, 0.3) is 0 Å². The van der Waals surface area contributed by atoms with E-state index < -0.39 is 23.3 Å². The van der Waals surface area contributed by atoms with Gasteiger partial charge >= 0.3 is 0 Å². The van der Waals surface area contributed by atoms with Crippen molar-refractivity contribution in [3.63, 3.8) is 0 Å². The predicted molar refractivity (Wildman–Crippen MR) is 124 cm³/mol. The maximum Gasteiger partial charge on any atom is 0.248 e. The second-order valence-electron chi connectivity index (χ2n) is 8.51. The van der Waals surface area contributed by atoms with Gasteiger partial charge in [-0.1, -0.05) is 29.8 Å². The quantitative estimate of drug-likeness (QED) is 0.520. The van der Waals surface area contributed by atoms with E-state index >= 15 is 0 Å². The first-order valence-electron chi connectivity index (χ1n) is 11.1. The number of halogens is 2. The number of likely N-dealkylation sites (tertiary alicyclic amines) is 1. The standard InChI is InChI=1S/C25H27F2N5O2/c1-18(25(34,15-32-17-28-16-29-32)22-8-7-20(26)14-23(22)27)31-11-9-19(10-12-31)13-24(33)30-21-5-3-2-4-6-21/h2-8,13-14,16-18,34H,9-12,15H2,1H3,(H,30,33)/t18-,25-/m1/s1. The highest BCUT2D eigenvalue weighted by Gasteiger charge is 2.42. The molecule has 1 saturated heterocycles. The fraction of sp³-hybridized carbons (Fsp3) is 0.320. The monoisotopic (exact) mass is 467 g/mol. The number of carbonyl (C=O) groups excluding carboxylic acids is 1. The number of benzene rings is 2. The highest BCUT2D eigenvalue weighted by molar-refractivity contribution is 5.99. The lowest BCUT2D eigenvalue weighted by atomic mass is 9.84. The fourth-order valence-electron chi connectivity index (χ4n) is 4.37. The summed E-state index contributed by atoms with van der Waals surface area (Å²) in [5.41, 5.74) is 0.0530. The first kappa shape index (κ1) is 23.7. The Morgan fingerprint density at radius 3 is 2.59 bits per heavy atom. The van der Waals surface area contributed by atoms with Crippen molar-refractivity contribution in [2.24, 2.45) is 0 Å². The lowest BCUT2D eigenvalue weighted by Gasteiger charge is -2.43. The maximum atomic E-state index is 14.8. The minimum atomic E-state index is -1.68. The number of anilines is 1. The molecule has 3 aromatic rings. The van der Waals surface area contributed by atoms with Crippen LogP contribution < -0.4 is 5.32 Å². The Balaban J connectivity index is 1.48. The number of para-hydroxylation sites is 1. The zero-order valence-electron chi connectivity index (χ0n) is 18.9. The van der Waals surface area contributed by atoms with Gasteiger partial charge in [0.2, 0.25) is 5.91 Å². The molecule has 2 atom stereocenters. The largest absolute Gasteiger partial charge is 0.381 e. The number of nitrogens with zero attached hydrogens (tertiary/aromatic N) is 4. The zero-order valence-corrected chi connectivity index (χ0v) is 18.9. The molecule has 2 aromatic carbocycles. The molecule has 2 heterocycles. The Morgan fingerprint density at radius 2 is 1.94 bits per heavy atom. The van der Waals surface area contributed by atoms with Crippen LogP contribution in [0.1, 0.15) is 25.3 Å². The van der Waals surface area contributed by atoms with Gasteiger partial charge < -0.3 is 10.4 Å². The van der Waals surface area contributed by atoms with Crippen LogP contribution in [0.3, 0.4) is 0 Å². The first-order valence-corrected chi connectivity index (χ1v) is 11.1. The van der Waals surface area contributed by atoms with E-state index in [9.17, 15) is 18.7 Å². The van der Waals surface area contributed by atoms with Gasteiger partial charge in [0.1, 0.15) is 29.9 Å². The molecule has 0 aliphatic carbocycles. The number of rotatable bonds is 7. The summed E-state index contributed by atoms with van der Waals surface area (Å²) >= 11 is 0. The average molecular weight is 468 g/mol. The number of piperidine rings is 1. The zero-order chi connectivity index (χ0) is 24.1. The van der Waals surface area contributed by atoms with Gasteiger partial charge in [0.15, 0.2) is 0 Å². The van der Waals surface area contributed by atoms with Crippen molar-refractivity contribution in [3.8, 4) is 0 Å². The molecule has 0 saturated carbocycles. The molecule has 4 rings (SSSR count). The van der Waals surface area contributed by atoms with Crippen LogP contribution in [0, 0.1) is 11.6 Å². The molecule has 7 nitrogen and oxygen atoms in total. The molecule has 1 aliphatic heterocycles. The second kappa shape index (κ2) is 10.2. The van der Waals surface area contributed by atoms with Crippen LogP contribution in [0.15, 0.2) is 72.8 Å². The maximum absolute atomic E-state index is 14.8. The number of hydrogen-bond acceptors (Lipinski definition) is 5. The Morgan fingerprint density at radius 1 is 1.21 bits per heavy atom. The molecule has 1 aliphatic rings. The predicted octanol–water partition coefficient (Wildman–Crippen LogP) is 3.49. The molecule has 0 bridgehead atoms. The second-order valence-corrected chi connectivity index (χ2v) is 8.51. The van der Waals surface area contributed by atoms with Crippen molar-refractivity contribution in [1.29, 1.82) is 0 Å². The number of hydrogen-bond donors (Lipinski definition) is 2. The summed E-state index contributed by atoms with van der Waals surface area (Å²) in [6.07, 6.45) is 5.68. The van der Waals surface area contributed by atoms with Crippen molar-refractivity contribution in [2.45, 2.75) is 38.0 Å². The lowest BCUT2D eigenvalue weighted by Crippen LogP contribution is -2.53. The van der Waals surface area contributed by atoms with Gasteiger partial charge in [0.05, 0.1) is 6.54 Å². The van der Waals surface area contributed by atoms with Crippen LogP contribution >= 0.6 is 0 Å². The number of aliphatic hydroxyl groups is 1. The summed E-state index contributed by atoms with van der Waals surface area (Å²) < 4.78 is 29.8. The minimum Gasteiger partial charge on any atom is -0.381 e. The number of aromatic nitrogens is 3. The van der Waals surface area contributed by atoms with Crippen molar-refractivity contribution < 1.29 is 18.7 Å². The number of amides is 1. The van der Waals surface area contributed by atoms with E-state index in [4.69, 9.17) is 0 Å². The number of nitrogens with one attached hydrogen (secondary N) is 1. The third-order valence-corrected chi connectivity index (χ3v) is 6.32. The van der Waals surface area contributed by atoms with Crippen molar-refractivity contribution in [2.75, 3.05) is 18.4 Å². The van der Waals surface area contributed by atoms with Crippen molar-refractivity contribution >= 4 is 11.6 Å². The summed E-state index contributed by atoms with van der Waals surface area (Å²) in [5, 5.41) is 18.7. The summed E-state index contributed by atoms with van der Waals surface area (Å²) in [4.78, 5) is 18.3. The molecule has 1 aromatic heterocycles. The van der Waals surface area contributed by atoms with Crippen LogP contribution in [-0.2, 0) is 16.9 Å². The third-order valence-electron chi connectivity index (χ3n) is 6.32. The SMILES string of the molecule is C[C@@H](N1CCC(=CC(=O)Nc2ccccc2)CC1)[C@](O)(Cn1cncn1)c1ccc(F)cc1F. The molecule has 0 unspecified atom stereocenters. The van der Waals surface area contributed by atoms with Crippen molar-refractivity contribution in [1.82, 2.24) is 19.7 Å². The van der Waals surface area contributed by atoms with Crippen LogP contribution in [0.2, 0.25) is 0 Å². The molecular weight excluding hydrogens is 440 g/mol. The summed E-state index contributed by atoms with van der Waals surface area (Å²) in [7, 11) is 0. The molecule has 0 spiro atoms. The van der Waals surface area contributed by atoms with Crippen LogP contribution in [-0.4, -0.2) is 49.8 Å². The highest BCUT2D eigenvalue weighted by Crippen LogP contribution is 2.34. The van der Waals surface area contributed by atoms with Crippen LogP contribution in [0.4, 0.5) is 14.5 Å². The van der Waals surface area contributed by atoms with E-state index in [1.54, 1.807) is 6.08 Å². The minimum absolute atomic E-state index is 0.000443. The molecular formula is C25H27F2N5O2. The molecule has 2 N–H and O–H groups in total. The van der Waals surface area contributed by atoms with E-state index in [2.05, 4.69) is 15.4 Å². The fourth-order valence-corrected chi connectivity index (χ4v) is 4.37. The summed E-state index contributed by atoms with van der Waals surface area (Å²) in [6, 6.07) is 11.9. The van der Waals surface area contributed by atoms with Crippen molar-refractivity contribution in [3.05, 3.63) is 90.0 Å². The Kier molecular flexibility index (Phi) is 7.14. The van der Waals surface area contributed by atoms with E-state index in [1.807, 2.05) is 42.2 Å². The molecule has 34 heavy (non-hydrogen) atoms. The molecule has 178 valence electrons. The molecule has 0 radical (unpaired) electrons. The van der Waals surface area contributed by atoms with Gasteiger partial charge in [0, 0.05) is 42.5 Å². The average Bonchev–Trinajstić information content (AvgIpc) is 3.32. The Hall–Kier alpha value is -3.43. The van der Waals surface area contributed by atoms with Crippen LogP contribution in [0.5, 0.6) is 0 Å². The topological polar surface area (TPSA) is 83.3 Å². The van der Waals surface area contributed by atoms with E-state index in [1.165, 1.54) is 23.4 Å². The molecule has 1 fully saturated rings. The third kappa shape index (κ3) is 5.37. The summed E-state index contributed by atoms with van der Waals surface area (Å²) in [6.45, 7) is 2.92. The smallest absolute Gasteiger partial charge is 0.248 e. The lowest BCUT2D eigenvalue weighted by molar-refractivity contribution is -0.112. The van der Waals surface area contributed by atoms with E-state index in [-0.39, 0.29) is 18.0 Å². The Bertz CT molecular complexity index is 1140. The molecule has 1 amide bonds. The Labute approximate surface area is 196 Å². The van der Waals surface area contributed by atoms with Gasteiger partial charge in [-0.2, -0.15) is 5.10 Å². The van der Waals surface area contributed by atoms with Crippen LogP contribution in [0.25, 0.3) is 0 Å². The van der Waals surface area contributed by atoms with Gasteiger partial charge in [-0.05, 0) is 38.0 Å². The normalized spacial score (nSPS) is 17.1. The van der Waals surface area contributed by atoms with E-state index in [0.29, 0.717) is 25.9 Å².